The van der Waals surface area contributed by atoms with Crippen molar-refractivity contribution in [2.45, 2.75) is 12.3 Å². The summed E-state index contributed by atoms with van der Waals surface area (Å²) in [6.07, 6.45) is 0.603. The van der Waals surface area contributed by atoms with Crippen LogP contribution in [0.2, 0.25) is 0 Å². The molecule has 5 heteroatoms. The number of benzene rings is 4. The molecule has 0 bridgehead atoms. The molecule has 0 spiro atoms. The van der Waals surface area contributed by atoms with Crippen LogP contribution in [-0.4, -0.2) is 4.98 Å². The van der Waals surface area contributed by atoms with E-state index in [0.717, 1.165) is 32.6 Å². The molecule has 0 fully saturated rings. The van der Waals surface area contributed by atoms with Crippen LogP contribution in [0.4, 0.5) is 0 Å². The smallest absolute Gasteiger partial charge is 0.148 e. The Balaban J connectivity index is 1.53. The molecule has 5 aromatic rings. The minimum absolute atomic E-state index is 0.301. The summed E-state index contributed by atoms with van der Waals surface area (Å²) in [5.74, 6) is 0. The number of nitrogens with zero attached hydrogens (tertiary/aromatic N) is 1. The molecule has 4 aromatic carbocycles. The maximum absolute atomic E-state index is 14.5. The van der Waals surface area contributed by atoms with Crippen molar-refractivity contribution in [3.05, 3.63) is 151 Å². The first-order chi connectivity index (χ1) is 17.6. The van der Waals surface area contributed by atoms with Crippen molar-refractivity contribution in [1.82, 2.24) is 4.98 Å². The monoisotopic (exact) mass is 507 g/mol. The zero-order valence-electron chi connectivity index (χ0n) is 19.9. The number of rotatable bonds is 8. The van der Waals surface area contributed by atoms with Crippen molar-refractivity contribution in [3.63, 3.8) is 0 Å². The third kappa shape index (κ3) is 5.05. The van der Waals surface area contributed by atoms with Crippen LogP contribution in [0.1, 0.15) is 11.4 Å². The Bertz CT molecular complexity index is 1320. The second-order valence-corrected chi connectivity index (χ2v) is 14.4. The van der Waals surface area contributed by atoms with Gasteiger partial charge in [-0.15, -0.1) is 0 Å². The van der Waals surface area contributed by atoms with Crippen LogP contribution in [0, 0.1) is 0 Å². The maximum atomic E-state index is 14.5. The van der Waals surface area contributed by atoms with Crippen molar-refractivity contribution < 1.29 is 9.13 Å². The molecule has 3 nitrogen and oxygen atoms in total. The molecule has 0 aliphatic rings. The first-order valence-corrected chi connectivity index (χ1v) is 15.7. The van der Waals surface area contributed by atoms with Gasteiger partial charge in [-0.1, -0.05) is 127 Å². The average Bonchev–Trinajstić information content (AvgIpc) is 2.95. The molecule has 178 valence electrons. The standard InChI is InChI=1S/C31H27NO2P2/c33-35(28-16-5-1-6-17-28,29-18-7-2-8-19-29)24-26-14-13-15-27(32-26)25-36(34,30-20-9-3-10-21-30)31-22-11-4-12-23-31/h1-23H,24-25H2. The zero-order valence-corrected chi connectivity index (χ0v) is 21.6. The second kappa shape index (κ2) is 10.6. The SMILES string of the molecule is O=P(Cc1cccc(CP(=O)(c2ccccc2)c2ccccc2)n1)(c1ccccc1)c1ccccc1. The Morgan fingerprint density at radius 3 is 0.944 bits per heavy atom. The molecule has 36 heavy (non-hydrogen) atoms. The van der Waals surface area contributed by atoms with E-state index in [-0.39, 0.29) is 0 Å². The first kappa shape index (κ1) is 24.2. The van der Waals surface area contributed by atoms with E-state index in [2.05, 4.69) is 0 Å². The highest BCUT2D eigenvalue weighted by Gasteiger charge is 2.30. The summed E-state index contributed by atoms with van der Waals surface area (Å²) in [5, 5.41) is 3.23. The fraction of sp³-hybridized carbons (Fsp3) is 0.0645. The number of pyridine rings is 1. The van der Waals surface area contributed by atoms with E-state index in [1.807, 2.05) is 140 Å². The normalized spacial score (nSPS) is 11.8. The van der Waals surface area contributed by atoms with E-state index in [4.69, 9.17) is 4.98 Å². The number of hydrogen-bond acceptors (Lipinski definition) is 3. The van der Waals surface area contributed by atoms with Crippen molar-refractivity contribution in [2.75, 3.05) is 0 Å². The fourth-order valence-electron chi connectivity index (χ4n) is 4.50. The largest absolute Gasteiger partial charge is 0.313 e. The summed E-state index contributed by atoms with van der Waals surface area (Å²) in [6.45, 7) is 0. The Morgan fingerprint density at radius 2 is 0.667 bits per heavy atom. The van der Waals surface area contributed by atoms with E-state index in [1.165, 1.54) is 0 Å². The highest BCUT2D eigenvalue weighted by atomic mass is 31.2. The highest BCUT2D eigenvalue weighted by molar-refractivity contribution is 7.78. The van der Waals surface area contributed by atoms with Crippen LogP contribution in [0.3, 0.4) is 0 Å². The Kier molecular flexibility index (Phi) is 7.14. The van der Waals surface area contributed by atoms with E-state index >= 15 is 0 Å². The molecule has 1 heterocycles. The summed E-state index contributed by atoms with van der Waals surface area (Å²) >= 11 is 0. The van der Waals surface area contributed by atoms with Crippen LogP contribution < -0.4 is 21.2 Å². The third-order valence-corrected chi connectivity index (χ3v) is 12.4. The van der Waals surface area contributed by atoms with Gasteiger partial charge in [-0.25, -0.2) is 0 Å². The summed E-state index contributed by atoms with van der Waals surface area (Å²) in [6, 6.07) is 44.3. The predicted molar refractivity (Wildman–Crippen MR) is 151 cm³/mol. The second-order valence-electron chi connectivity index (χ2n) is 8.76. The molecule has 5 rings (SSSR count). The Morgan fingerprint density at radius 1 is 0.389 bits per heavy atom. The van der Waals surface area contributed by atoms with Gasteiger partial charge in [-0.2, -0.15) is 0 Å². The topological polar surface area (TPSA) is 47.0 Å². The number of aromatic nitrogens is 1. The number of hydrogen-bond donors (Lipinski definition) is 0. The van der Waals surface area contributed by atoms with Gasteiger partial charge in [0.15, 0.2) is 0 Å². The van der Waals surface area contributed by atoms with E-state index in [1.54, 1.807) is 0 Å². The van der Waals surface area contributed by atoms with Crippen molar-refractivity contribution in [2.24, 2.45) is 0 Å². The molecule has 0 saturated carbocycles. The molecular weight excluding hydrogens is 480 g/mol. The Labute approximate surface area is 212 Å². The highest BCUT2D eigenvalue weighted by Crippen LogP contribution is 2.48. The molecule has 0 aliphatic carbocycles. The molecule has 0 aliphatic heterocycles. The molecule has 0 amide bonds. The summed E-state index contributed by atoms with van der Waals surface area (Å²) < 4.78 is 29.1. The molecule has 0 atom stereocenters. The van der Waals surface area contributed by atoms with Crippen molar-refractivity contribution >= 4 is 35.5 Å². The van der Waals surface area contributed by atoms with E-state index in [9.17, 15) is 9.13 Å². The van der Waals surface area contributed by atoms with Gasteiger partial charge >= 0.3 is 0 Å². The molecule has 0 saturated heterocycles. The summed E-state index contributed by atoms with van der Waals surface area (Å²) in [5.41, 5.74) is 1.47. The lowest BCUT2D eigenvalue weighted by atomic mass is 10.3. The van der Waals surface area contributed by atoms with Crippen LogP contribution in [0.25, 0.3) is 0 Å². The minimum atomic E-state index is -2.96. The molecule has 0 N–H and O–H groups in total. The summed E-state index contributed by atoms with van der Waals surface area (Å²) in [7, 11) is -5.93. The average molecular weight is 508 g/mol. The van der Waals surface area contributed by atoms with Crippen molar-refractivity contribution in [3.8, 4) is 0 Å². The zero-order chi connectivity index (χ0) is 24.8. The van der Waals surface area contributed by atoms with Crippen molar-refractivity contribution in [1.29, 1.82) is 0 Å². The van der Waals surface area contributed by atoms with Gasteiger partial charge in [-0.3, -0.25) is 4.98 Å². The van der Waals surface area contributed by atoms with Crippen LogP contribution in [0.15, 0.2) is 140 Å². The lowest BCUT2D eigenvalue weighted by Crippen LogP contribution is -2.19. The molecule has 0 radical (unpaired) electrons. The van der Waals surface area contributed by atoms with Crippen LogP contribution >= 0.6 is 14.3 Å². The fourth-order valence-corrected chi connectivity index (χ4v) is 9.71. The van der Waals surface area contributed by atoms with Gasteiger partial charge in [0, 0.05) is 32.6 Å². The van der Waals surface area contributed by atoms with Gasteiger partial charge in [0.1, 0.15) is 14.3 Å². The van der Waals surface area contributed by atoms with Gasteiger partial charge in [-0.05, 0) is 12.1 Å². The Hall–Kier alpha value is -3.51. The van der Waals surface area contributed by atoms with E-state index in [0.29, 0.717) is 12.3 Å². The van der Waals surface area contributed by atoms with Crippen LogP contribution in [0.5, 0.6) is 0 Å². The van der Waals surface area contributed by atoms with Gasteiger partial charge in [0.05, 0.1) is 12.3 Å². The van der Waals surface area contributed by atoms with Gasteiger partial charge in [0.2, 0.25) is 0 Å². The molecule has 1 aromatic heterocycles. The lowest BCUT2D eigenvalue weighted by Gasteiger charge is -2.21. The first-order valence-electron chi connectivity index (χ1n) is 11.9. The van der Waals surface area contributed by atoms with Gasteiger partial charge < -0.3 is 9.13 Å². The van der Waals surface area contributed by atoms with Crippen LogP contribution in [-0.2, 0) is 21.5 Å². The molecular formula is C31H27NO2P2. The lowest BCUT2D eigenvalue weighted by molar-refractivity contribution is 0.586. The maximum Gasteiger partial charge on any atom is 0.148 e. The van der Waals surface area contributed by atoms with Gasteiger partial charge in [0.25, 0.3) is 0 Å². The quantitative estimate of drug-likeness (QED) is 0.238. The third-order valence-electron chi connectivity index (χ3n) is 6.33. The summed E-state index contributed by atoms with van der Waals surface area (Å²) in [4.78, 5) is 4.90. The molecule has 0 unspecified atom stereocenters. The predicted octanol–water partition coefficient (Wildman–Crippen LogP) is 6.11. The minimum Gasteiger partial charge on any atom is -0.313 e. The van der Waals surface area contributed by atoms with E-state index < -0.39 is 14.3 Å².